The molecule has 0 heterocycles. The van der Waals surface area contributed by atoms with Crippen molar-refractivity contribution < 1.29 is 9.90 Å². The number of carbonyl (C=O) groups excluding carboxylic acids is 1. The molecule has 2 aliphatic carbocycles. The molecule has 3 heteroatoms. The van der Waals surface area contributed by atoms with Crippen LogP contribution in [0.3, 0.4) is 0 Å². The summed E-state index contributed by atoms with van der Waals surface area (Å²) in [5, 5.41) is 11.7. The normalized spacial score (nSPS) is 36.3. The number of hydrogen-bond acceptors (Lipinski definition) is 2. The number of rotatable bonds is 4. The van der Waals surface area contributed by atoms with Crippen LogP contribution in [0, 0.1) is 17.8 Å². The Hall–Kier alpha value is -0.570. The van der Waals surface area contributed by atoms with Crippen molar-refractivity contribution in [3.05, 3.63) is 0 Å². The fraction of sp³-hybridized carbons (Fsp3) is 0.909. The van der Waals surface area contributed by atoms with Crippen molar-refractivity contribution in [2.24, 2.45) is 17.8 Å². The lowest BCUT2D eigenvalue weighted by Gasteiger charge is -2.13. The van der Waals surface area contributed by atoms with E-state index in [4.69, 9.17) is 5.11 Å². The zero-order valence-electron chi connectivity index (χ0n) is 8.70. The SMILES string of the molecule is CC(CCO)NC(=O)C1C2CCCC21. The van der Waals surface area contributed by atoms with Gasteiger partial charge in [0.15, 0.2) is 0 Å². The first-order valence-electron chi connectivity index (χ1n) is 5.65. The van der Waals surface area contributed by atoms with E-state index in [0.29, 0.717) is 24.2 Å². The van der Waals surface area contributed by atoms with Crippen molar-refractivity contribution >= 4 is 5.91 Å². The highest BCUT2D eigenvalue weighted by Gasteiger charge is 2.56. The number of carbonyl (C=O) groups is 1. The molecule has 0 aromatic heterocycles. The van der Waals surface area contributed by atoms with Gasteiger partial charge in [0.05, 0.1) is 0 Å². The van der Waals surface area contributed by atoms with Crippen LogP contribution in [0.1, 0.15) is 32.6 Å². The van der Waals surface area contributed by atoms with Crippen LogP contribution < -0.4 is 5.32 Å². The van der Waals surface area contributed by atoms with Gasteiger partial charge >= 0.3 is 0 Å². The minimum Gasteiger partial charge on any atom is -0.396 e. The van der Waals surface area contributed by atoms with E-state index in [9.17, 15) is 4.79 Å². The first kappa shape index (κ1) is 9.97. The van der Waals surface area contributed by atoms with Crippen molar-refractivity contribution in [2.75, 3.05) is 6.61 Å². The van der Waals surface area contributed by atoms with E-state index < -0.39 is 0 Å². The van der Waals surface area contributed by atoms with Crippen molar-refractivity contribution in [3.8, 4) is 0 Å². The maximum Gasteiger partial charge on any atom is 0.223 e. The second-order valence-corrected chi connectivity index (χ2v) is 4.71. The lowest BCUT2D eigenvalue weighted by molar-refractivity contribution is -0.123. The summed E-state index contributed by atoms with van der Waals surface area (Å²) >= 11 is 0. The first-order chi connectivity index (χ1) is 6.74. The van der Waals surface area contributed by atoms with Crippen LogP contribution in [0.2, 0.25) is 0 Å². The van der Waals surface area contributed by atoms with Gasteiger partial charge in [0.2, 0.25) is 5.91 Å². The quantitative estimate of drug-likeness (QED) is 0.704. The summed E-state index contributed by atoms with van der Waals surface area (Å²) in [5.41, 5.74) is 0. The molecule has 0 saturated heterocycles. The molecular weight excluding hydrogens is 178 g/mol. The second kappa shape index (κ2) is 3.89. The molecular formula is C11H19NO2. The molecule has 0 radical (unpaired) electrons. The fourth-order valence-corrected chi connectivity index (χ4v) is 2.82. The number of hydrogen-bond donors (Lipinski definition) is 2. The van der Waals surface area contributed by atoms with E-state index in [1.807, 2.05) is 6.92 Å². The van der Waals surface area contributed by atoms with Gasteiger partial charge in [0, 0.05) is 18.6 Å². The summed E-state index contributed by atoms with van der Waals surface area (Å²) in [6.07, 6.45) is 4.47. The van der Waals surface area contributed by atoms with Crippen LogP contribution in [0.4, 0.5) is 0 Å². The lowest BCUT2D eigenvalue weighted by Crippen LogP contribution is -2.35. The highest BCUT2D eigenvalue weighted by Crippen LogP contribution is 2.57. The zero-order valence-corrected chi connectivity index (χ0v) is 8.70. The molecule has 2 N–H and O–H groups in total. The monoisotopic (exact) mass is 197 g/mol. The van der Waals surface area contributed by atoms with Crippen LogP contribution in [-0.2, 0) is 4.79 Å². The average molecular weight is 197 g/mol. The van der Waals surface area contributed by atoms with E-state index >= 15 is 0 Å². The standard InChI is InChI=1S/C11H19NO2/c1-7(5-6-13)12-11(14)10-8-3-2-4-9(8)10/h7-10,13H,2-6H2,1H3,(H,12,14). The van der Waals surface area contributed by atoms with Crippen LogP contribution in [0.5, 0.6) is 0 Å². The highest BCUT2D eigenvalue weighted by molar-refractivity contribution is 5.82. The Balaban J connectivity index is 1.74. The van der Waals surface area contributed by atoms with Gasteiger partial charge < -0.3 is 10.4 Å². The number of aliphatic hydroxyl groups is 1. The molecule has 0 spiro atoms. The Morgan fingerprint density at radius 2 is 2.14 bits per heavy atom. The molecule has 2 saturated carbocycles. The molecule has 14 heavy (non-hydrogen) atoms. The molecule has 2 fully saturated rings. The molecule has 3 atom stereocenters. The van der Waals surface area contributed by atoms with E-state index in [1.54, 1.807) is 0 Å². The molecule has 1 amide bonds. The van der Waals surface area contributed by atoms with Crippen LogP contribution in [-0.4, -0.2) is 23.7 Å². The lowest BCUT2D eigenvalue weighted by atomic mass is 10.1. The number of aliphatic hydroxyl groups excluding tert-OH is 1. The number of fused-ring (bicyclic) bond motifs is 1. The minimum absolute atomic E-state index is 0.119. The Bertz CT molecular complexity index is 219. The average Bonchev–Trinajstić information content (AvgIpc) is 2.61. The summed E-state index contributed by atoms with van der Waals surface area (Å²) in [7, 11) is 0. The van der Waals surface area contributed by atoms with Gasteiger partial charge in [0.25, 0.3) is 0 Å². The van der Waals surface area contributed by atoms with E-state index in [1.165, 1.54) is 19.3 Å². The first-order valence-corrected chi connectivity index (χ1v) is 5.65. The molecule has 0 aromatic carbocycles. The third kappa shape index (κ3) is 1.78. The Morgan fingerprint density at radius 3 is 2.71 bits per heavy atom. The predicted molar refractivity (Wildman–Crippen MR) is 53.6 cm³/mol. The molecule has 2 aliphatic rings. The van der Waals surface area contributed by atoms with E-state index in [-0.39, 0.29) is 18.6 Å². The van der Waals surface area contributed by atoms with Crippen LogP contribution in [0.15, 0.2) is 0 Å². The van der Waals surface area contributed by atoms with Crippen molar-refractivity contribution in [1.82, 2.24) is 5.32 Å². The molecule has 0 aliphatic heterocycles. The molecule has 3 nitrogen and oxygen atoms in total. The third-order valence-corrected chi connectivity index (χ3v) is 3.66. The van der Waals surface area contributed by atoms with Crippen molar-refractivity contribution in [2.45, 2.75) is 38.6 Å². The zero-order chi connectivity index (χ0) is 10.1. The van der Waals surface area contributed by atoms with Gasteiger partial charge in [-0.05, 0) is 38.0 Å². The smallest absolute Gasteiger partial charge is 0.223 e. The van der Waals surface area contributed by atoms with Crippen LogP contribution in [0.25, 0.3) is 0 Å². The minimum atomic E-state index is 0.119. The fourth-order valence-electron chi connectivity index (χ4n) is 2.82. The summed E-state index contributed by atoms with van der Waals surface area (Å²) in [4.78, 5) is 11.7. The molecule has 80 valence electrons. The summed E-state index contributed by atoms with van der Waals surface area (Å²) in [6, 6.07) is 0.119. The van der Waals surface area contributed by atoms with E-state index in [2.05, 4.69) is 5.32 Å². The van der Waals surface area contributed by atoms with Gasteiger partial charge in [-0.1, -0.05) is 6.42 Å². The maximum absolute atomic E-state index is 11.7. The number of nitrogens with one attached hydrogen (secondary N) is 1. The Morgan fingerprint density at radius 1 is 1.50 bits per heavy atom. The molecule has 2 rings (SSSR count). The van der Waals surface area contributed by atoms with E-state index in [0.717, 1.165) is 0 Å². The van der Waals surface area contributed by atoms with Gasteiger partial charge in [-0.25, -0.2) is 0 Å². The molecule has 3 unspecified atom stereocenters. The molecule has 0 bridgehead atoms. The Kier molecular flexibility index (Phi) is 2.77. The van der Waals surface area contributed by atoms with Gasteiger partial charge in [-0.3, -0.25) is 4.79 Å². The topological polar surface area (TPSA) is 49.3 Å². The Labute approximate surface area is 84.9 Å². The molecule has 0 aromatic rings. The summed E-state index contributed by atoms with van der Waals surface area (Å²) < 4.78 is 0. The summed E-state index contributed by atoms with van der Waals surface area (Å²) in [6.45, 7) is 2.10. The number of amides is 1. The van der Waals surface area contributed by atoms with Gasteiger partial charge in [0.1, 0.15) is 0 Å². The second-order valence-electron chi connectivity index (χ2n) is 4.71. The van der Waals surface area contributed by atoms with Gasteiger partial charge in [-0.15, -0.1) is 0 Å². The largest absolute Gasteiger partial charge is 0.396 e. The van der Waals surface area contributed by atoms with Gasteiger partial charge in [-0.2, -0.15) is 0 Å². The predicted octanol–water partition coefficient (Wildman–Crippen LogP) is 0.920. The van der Waals surface area contributed by atoms with Crippen LogP contribution >= 0.6 is 0 Å². The highest BCUT2D eigenvalue weighted by atomic mass is 16.3. The summed E-state index contributed by atoms with van der Waals surface area (Å²) in [5.74, 6) is 1.91. The third-order valence-electron chi connectivity index (χ3n) is 3.66. The maximum atomic E-state index is 11.7. The van der Waals surface area contributed by atoms with Crippen molar-refractivity contribution in [1.29, 1.82) is 0 Å². The van der Waals surface area contributed by atoms with Crippen molar-refractivity contribution in [3.63, 3.8) is 0 Å².